The van der Waals surface area contributed by atoms with E-state index in [0.717, 1.165) is 6.92 Å². The van der Waals surface area contributed by atoms with Crippen molar-refractivity contribution in [1.29, 1.82) is 0 Å². The molecule has 3 nitrogen and oxygen atoms in total. The van der Waals surface area contributed by atoms with Crippen molar-refractivity contribution in [3.63, 3.8) is 0 Å². The van der Waals surface area contributed by atoms with Crippen LogP contribution < -0.4 is 0 Å². The first-order chi connectivity index (χ1) is 3.89. The predicted molar refractivity (Wildman–Crippen MR) is 39.0 cm³/mol. The molecule has 0 fully saturated rings. The number of aliphatic carboxylic acids is 1. The van der Waals surface area contributed by atoms with Gasteiger partial charge in [0.1, 0.15) is 0 Å². The molecule has 1 N–H and O–H groups in total. The van der Waals surface area contributed by atoms with Crippen LogP contribution in [-0.2, 0) is 9.59 Å². The molecule has 0 heterocycles. The molecule has 0 aromatic rings. The number of Topliss-reactive ketones (excluding diaryl/α,β-unsaturated/α-hetero) is 1. The fraction of sp³-hybridized carbons (Fsp3) is 0.500. The van der Waals surface area contributed by atoms with Gasteiger partial charge in [0.15, 0.2) is 5.78 Å². The third kappa shape index (κ3) is 1.91. The summed E-state index contributed by atoms with van der Waals surface area (Å²) in [7, 11) is 0. The number of carbonyl (C=O) groups is 2. The maximum atomic E-state index is 10.4. The Bertz CT molecular complexity index is 136. The van der Waals surface area contributed by atoms with Crippen LogP contribution >= 0.6 is 25.3 Å². The van der Waals surface area contributed by atoms with E-state index < -0.39 is 15.8 Å². The van der Waals surface area contributed by atoms with E-state index in [-0.39, 0.29) is 0 Å². The maximum absolute atomic E-state index is 10.4. The Morgan fingerprint density at radius 3 is 1.78 bits per heavy atom. The summed E-state index contributed by atoms with van der Waals surface area (Å²) in [4.78, 5) is 20.5. The van der Waals surface area contributed by atoms with Gasteiger partial charge < -0.3 is 5.11 Å². The molecular weight excluding hydrogens is 160 g/mol. The molecule has 0 saturated carbocycles. The summed E-state index contributed by atoms with van der Waals surface area (Å²) < 4.78 is -1.83. The van der Waals surface area contributed by atoms with Crippen LogP contribution in [-0.4, -0.2) is 20.9 Å². The number of hydrogen-bond donors (Lipinski definition) is 3. The van der Waals surface area contributed by atoms with Crippen molar-refractivity contribution >= 4 is 37.0 Å². The van der Waals surface area contributed by atoms with Crippen molar-refractivity contribution in [1.82, 2.24) is 0 Å². The van der Waals surface area contributed by atoms with Gasteiger partial charge in [0.05, 0.1) is 0 Å². The van der Waals surface area contributed by atoms with Crippen LogP contribution in [0.2, 0.25) is 0 Å². The van der Waals surface area contributed by atoms with E-state index in [9.17, 15) is 9.59 Å². The number of ketones is 1. The Hall–Kier alpha value is -0.160. The van der Waals surface area contributed by atoms with Gasteiger partial charge in [-0.1, -0.05) is 0 Å². The normalized spacial score (nSPS) is 11.0. The highest BCUT2D eigenvalue weighted by molar-refractivity contribution is 8.03. The minimum absolute atomic E-state index is 0.596. The largest absolute Gasteiger partial charge is 0.479 e. The van der Waals surface area contributed by atoms with E-state index in [1.165, 1.54) is 0 Å². The molecule has 0 aliphatic heterocycles. The van der Waals surface area contributed by atoms with Crippen LogP contribution in [0.5, 0.6) is 0 Å². The first-order valence-electron chi connectivity index (χ1n) is 2.08. The van der Waals surface area contributed by atoms with Crippen molar-refractivity contribution in [3.8, 4) is 0 Å². The Labute approximate surface area is 63.3 Å². The van der Waals surface area contributed by atoms with Gasteiger partial charge in [-0.05, 0) is 6.92 Å². The molecule has 0 bridgehead atoms. The molecule has 0 atom stereocenters. The number of rotatable bonds is 2. The number of carboxylic acid groups (broad SMARTS) is 1. The highest BCUT2D eigenvalue weighted by atomic mass is 32.2. The lowest BCUT2D eigenvalue weighted by atomic mass is 10.3. The number of thiol groups is 2. The van der Waals surface area contributed by atoms with Gasteiger partial charge in [-0.3, -0.25) is 4.79 Å². The summed E-state index contributed by atoms with van der Waals surface area (Å²) in [6.07, 6.45) is 0. The predicted octanol–water partition coefficient (Wildman–Crippen LogP) is 0.216. The molecule has 9 heavy (non-hydrogen) atoms. The topological polar surface area (TPSA) is 54.4 Å². The van der Waals surface area contributed by atoms with Crippen LogP contribution in [0.3, 0.4) is 0 Å². The highest BCUT2D eigenvalue weighted by Gasteiger charge is 2.35. The molecule has 0 amide bonds. The first kappa shape index (κ1) is 8.84. The molecule has 0 aliphatic carbocycles. The smallest absolute Gasteiger partial charge is 0.337 e. The van der Waals surface area contributed by atoms with Gasteiger partial charge in [-0.25, -0.2) is 4.79 Å². The second kappa shape index (κ2) is 2.62. The van der Waals surface area contributed by atoms with E-state index in [0.29, 0.717) is 0 Å². The quantitative estimate of drug-likeness (QED) is 0.312. The van der Waals surface area contributed by atoms with Crippen LogP contribution in [0.15, 0.2) is 0 Å². The van der Waals surface area contributed by atoms with E-state index >= 15 is 0 Å². The molecule has 52 valence electrons. The summed E-state index contributed by atoms with van der Waals surface area (Å²) in [6.45, 7) is 1.12. The van der Waals surface area contributed by atoms with E-state index in [1.54, 1.807) is 0 Å². The lowest BCUT2D eigenvalue weighted by Crippen LogP contribution is -2.33. The van der Waals surface area contributed by atoms with Gasteiger partial charge >= 0.3 is 5.97 Å². The number of carboxylic acids is 1. The molecule has 5 heteroatoms. The molecular formula is C4H6O3S2. The molecule has 0 saturated heterocycles. The van der Waals surface area contributed by atoms with Crippen LogP contribution in [0.25, 0.3) is 0 Å². The zero-order valence-corrected chi connectivity index (χ0v) is 6.45. The number of hydrogen-bond acceptors (Lipinski definition) is 4. The monoisotopic (exact) mass is 166 g/mol. The molecule has 0 aromatic carbocycles. The zero-order chi connectivity index (χ0) is 7.65. The average Bonchev–Trinajstić information content (AvgIpc) is 1.65. The van der Waals surface area contributed by atoms with E-state index in [4.69, 9.17) is 5.11 Å². The second-order valence-corrected chi connectivity index (χ2v) is 3.23. The second-order valence-electron chi connectivity index (χ2n) is 1.53. The third-order valence-corrected chi connectivity index (χ3v) is 1.80. The minimum atomic E-state index is -1.83. The van der Waals surface area contributed by atoms with Crippen LogP contribution in [0, 0.1) is 0 Å². The van der Waals surface area contributed by atoms with Gasteiger partial charge in [0.25, 0.3) is 0 Å². The highest BCUT2D eigenvalue weighted by Crippen LogP contribution is 2.20. The van der Waals surface area contributed by atoms with Crippen molar-refractivity contribution in [3.05, 3.63) is 0 Å². The Morgan fingerprint density at radius 2 is 1.78 bits per heavy atom. The van der Waals surface area contributed by atoms with Crippen molar-refractivity contribution in [2.45, 2.75) is 11.0 Å². The standard InChI is InChI=1S/C4H6O3S2/c1-2(5)4(8,9)3(6)7/h8-9H,1H3,(H,6,7). The Balaban J connectivity index is 4.38. The van der Waals surface area contributed by atoms with Gasteiger partial charge in [-0.15, -0.1) is 25.3 Å². The average molecular weight is 166 g/mol. The van der Waals surface area contributed by atoms with Crippen LogP contribution in [0.1, 0.15) is 6.92 Å². The molecule has 0 spiro atoms. The molecule has 0 aliphatic rings. The SMILES string of the molecule is CC(=O)C(S)(S)C(=O)O. The summed E-state index contributed by atoms with van der Waals surface area (Å²) >= 11 is 6.98. The fourth-order valence-corrected chi connectivity index (χ4v) is 0.151. The van der Waals surface area contributed by atoms with E-state index in [2.05, 4.69) is 25.3 Å². The van der Waals surface area contributed by atoms with Gasteiger partial charge in [0.2, 0.25) is 4.08 Å². The fourth-order valence-electron chi connectivity index (χ4n) is 0.151. The number of carbonyl (C=O) groups excluding carboxylic acids is 1. The third-order valence-electron chi connectivity index (χ3n) is 0.789. The van der Waals surface area contributed by atoms with Crippen molar-refractivity contribution in [2.24, 2.45) is 0 Å². The van der Waals surface area contributed by atoms with Crippen LogP contribution in [0.4, 0.5) is 0 Å². The molecule has 0 radical (unpaired) electrons. The summed E-state index contributed by atoms with van der Waals surface area (Å²) in [5.74, 6) is -1.94. The molecule has 0 aromatic heterocycles. The molecule has 0 unspecified atom stereocenters. The van der Waals surface area contributed by atoms with Gasteiger partial charge in [0, 0.05) is 0 Å². The van der Waals surface area contributed by atoms with Gasteiger partial charge in [-0.2, -0.15) is 0 Å². The van der Waals surface area contributed by atoms with E-state index in [1.807, 2.05) is 0 Å². The first-order valence-corrected chi connectivity index (χ1v) is 2.97. The maximum Gasteiger partial charge on any atom is 0.337 e. The minimum Gasteiger partial charge on any atom is -0.479 e. The summed E-state index contributed by atoms with van der Waals surface area (Å²) in [6, 6.07) is 0. The lowest BCUT2D eigenvalue weighted by Gasteiger charge is -2.11. The molecule has 0 rings (SSSR count). The zero-order valence-electron chi connectivity index (χ0n) is 4.66. The lowest BCUT2D eigenvalue weighted by molar-refractivity contribution is -0.140. The van der Waals surface area contributed by atoms with Crippen molar-refractivity contribution < 1.29 is 14.7 Å². The van der Waals surface area contributed by atoms with Crippen molar-refractivity contribution in [2.75, 3.05) is 0 Å². The summed E-state index contributed by atoms with van der Waals surface area (Å²) in [5, 5.41) is 8.24. The Morgan fingerprint density at radius 1 is 1.44 bits per heavy atom. The summed E-state index contributed by atoms with van der Waals surface area (Å²) in [5.41, 5.74) is 0. The Kier molecular flexibility index (Phi) is 2.57.